The highest BCUT2D eigenvalue weighted by atomic mass is 19.2. The smallest absolute Gasteiger partial charge is 0.186 e. The molecule has 0 unspecified atom stereocenters. The zero-order valence-electron chi connectivity index (χ0n) is 21.5. The predicted octanol–water partition coefficient (Wildman–Crippen LogP) is 8.99. The van der Waals surface area contributed by atoms with Gasteiger partial charge in [-0.05, 0) is 67.1 Å². The van der Waals surface area contributed by atoms with E-state index in [1.807, 2.05) is 6.92 Å². The minimum Gasteiger partial charge on any atom is -0.348 e. The van der Waals surface area contributed by atoms with Crippen LogP contribution >= 0.6 is 0 Å². The van der Waals surface area contributed by atoms with Gasteiger partial charge in [-0.25, -0.2) is 8.78 Å². The van der Waals surface area contributed by atoms with Crippen molar-refractivity contribution in [2.24, 2.45) is 5.92 Å². The number of aryl methyl sites for hydroxylation is 1. The predicted molar refractivity (Wildman–Crippen MR) is 138 cm³/mol. The molecule has 2 nitrogen and oxygen atoms in total. The quantitative estimate of drug-likeness (QED) is 0.313. The lowest BCUT2D eigenvalue weighted by Gasteiger charge is -2.31. The Balaban J connectivity index is 1.28. The number of benzene rings is 2. The van der Waals surface area contributed by atoms with E-state index in [2.05, 4.69) is 31.2 Å². The summed E-state index contributed by atoms with van der Waals surface area (Å²) in [5.74, 6) is 0.0916. The van der Waals surface area contributed by atoms with Gasteiger partial charge >= 0.3 is 0 Å². The van der Waals surface area contributed by atoms with Crippen LogP contribution in [-0.4, -0.2) is 13.2 Å². The molecule has 2 aliphatic rings. The first-order chi connectivity index (χ1) is 17.1. The fourth-order valence-electron chi connectivity index (χ4n) is 5.73. The van der Waals surface area contributed by atoms with Crippen LogP contribution < -0.4 is 0 Å². The van der Waals surface area contributed by atoms with E-state index < -0.39 is 17.9 Å². The molecule has 0 radical (unpaired) electrons. The molecule has 1 saturated heterocycles. The van der Waals surface area contributed by atoms with Crippen molar-refractivity contribution in [1.82, 2.24) is 0 Å². The van der Waals surface area contributed by atoms with E-state index in [-0.39, 0.29) is 11.5 Å². The van der Waals surface area contributed by atoms with E-state index in [9.17, 15) is 8.78 Å². The van der Waals surface area contributed by atoms with Crippen molar-refractivity contribution < 1.29 is 18.3 Å². The zero-order valence-corrected chi connectivity index (χ0v) is 21.5. The molecule has 1 saturated carbocycles. The van der Waals surface area contributed by atoms with Gasteiger partial charge < -0.3 is 9.47 Å². The summed E-state index contributed by atoms with van der Waals surface area (Å²) >= 11 is 0. The van der Waals surface area contributed by atoms with Crippen LogP contribution in [-0.2, 0) is 15.9 Å². The Bertz CT molecular complexity index is 910. The van der Waals surface area contributed by atoms with Gasteiger partial charge in [0, 0.05) is 11.5 Å². The molecule has 1 aliphatic heterocycles. The van der Waals surface area contributed by atoms with E-state index in [0.717, 1.165) is 18.8 Å². The van der Waals surface area contributed by atoms with Gasteiger partial charge in [0.2, 0.25) is 0 Å². The van der Waals surface area contributed by atoms with Crippen LogP contribution in [0.25, 0.3) is 0 Å². The lowest BCUT2D eigenvalue weighted by Crippen LogP contribution is -2.26. The van der Waals surface area contributed by atoms with Crippen molar-refractivity contribution in [3.63, 3.8) is 0 Å². The summed E-state index contributed by atoms with van der Waals surface area (Å²) in [4.78, 5) is 0. The van der Waals surface area contributed by atoms with Crippen LogP contribution in [0.2, 0.25) is 0 Å². The number of halogens is 2. The Labute approximate surface area is 210 Å². The second kappa shape index (κ2) is 13.0. The molecule has 0 N–H and O–H groups in total. The molecule has 4 heteroatoms. The SMILES string of the molecule is CCCCCC1CCC(c2ccc(C3COC(c4ccc(CCCC)c(F)c4F)OC3)cc2)CC1. The summed E-state index contributed by atoms with van der Waals surface area (Å²) in [6.07, 6.45) is 12.3. The van der Waals surface area contributed by atoms with Crippen LogP contribution in [0.4, 0.5) is 8.78 Å². The molecule has 1 heterocycles. The number of rotatable bonds is 10. The monoisotopic (exact) mass is 484 g/mol. The second-order valence-electron chi connectivity index (χ2n) is 10.6. The largest absolute Gasteiger partial charge is 0.348 e. The number of hydrogen-bond donors (Lipinski definition) is 0. The van der Waals surface area contributed by atoms with E-state index in [1.165, 1.54) is 62.5 Å². The molecule has 0 atom stereocenters. The maximum absolute atomic E-state index is 14.7. The Morgan fingerprint density at radius 3 is 1.97 bits per heavy atom. The fourth-order valence-corrected chi connectivity index (χ4v) is 5.73. The molecule has 2 aromatic carbocycles. The normalized spacial score (nSPS) is 25.0. The first-order valence-electron chi connectivity index (χ1n) is 13.9. The van der Waals surface area contributed by atoms with Gasteiger partial charge in [-0.15, -0.1) is 0 Å². The minimum absolute atomic E-state index is 0.103. The molecule has 0 amide bonds. The van der Waals surface area contributed by atoms with Crippen molar-refractivity contribution >= 4 is 0 Å². The molecule has 4 rings (SSSR count). The fraction of sp³-hybridized carbons (Fsp3) is 0.613. The molecule has 192 valence electrons. The summed E-state index contributed by atoms with van der Waals surface area (Å²) in [6.45, 7) is 5.19. The van der Waals surface area contributed by atoms with E-state index >= 15 is 0 Å². The molecule has 2 fully saturated rings. The molecule has 35 heavy (non-hydrogen) atoms. The minimum atomic E-state index is -0.854. The maximum Gasteiger partial charge on any atom is 0.186 e. The van der Waals surface area contributed by atoms with Gasteiger partial charge in [-0.2, -0.15) is 0 Å². The zero-order chi connectivity index (χ0) is 24.6. The Hall–Kier alpha value is -1.78. The third-order valence-corrected chi connectivity index (χ3v) is 8.09. The van der Waals surface area contributed by atoms with Gasteiger partial charge in [0.05, 0.1) is 13.2 Å². The van der Waals surface area contributed by atoms with Gasteiger partial charge in [-0.1, -0.05) is 82.3 Å². The van der Waals surface area contributed by atoms with E-state index in [0.29, 0.717) is 31.1 Å². The van der Waals surface area contributed by atoms with E-state index in [4.69, 9.17) is 9.47 Å². The lowest BCUT2D eigenvalue weighted by atomic mass is 9.77. The molecular formula is C31H42F2O2. The number of hydrogen-bond acceptors (Lipinski definition) is 2. The van der Waals surface area contributed by atoms with Crippen molar-refractivity contribution in [3.8, 4) is 0 Å². The summed E-state index contributed by atoms with van der Waals surface area (Å²) in [7, 11) is 0. The van der Waals surface area contributed by atoms with Crippen LogP contribution in [0.3, 0.4) is 0 Å². The summed E-state index contributed by atoms with van der Waals surface area (Å²) < 4.78 is 40.9. The average Bonchev–Trinajstić information content (AvgIpc) is 2.90. The van der Waals surface area contributed by atoms with Crippen LogP contribution in [0.15, 0.2) is 36.4 Å². The first-order valence-corrected chi connectivity index (χ1v) is 13.9. The Morgan fingerprint density at radius 2 is 1.34 bits per heavy atom. The van der Waals surface area contributed by atoms with Crippen molar-refractivity contribution in [2.75, 3.05) is 13.2 Å². The number of ether oxygens (including phenoxy) is 2. The van der Waals surface area contributed by atoms with E-state index in [1.54, 1.807) is 12.1 Å². The van der Waals surface area contributed by atoms with Crippen LogP contribution in [0.5, 0.6) is 0 Å². The summed E-state index contributed by atoms with van der Waals surface area (Å²) in [5, 5.41) is 0. The topological polar surface area (TPSA) is 18.5 Å². The maximum atomic E-state index is 14.7. The highest BCUT2D eigenvalue weighted by Gasteiger charge is 2.29. The van der Waals surface area contributed by atoms with Gasteiger partial charge in [0.15, 0.2) is 17.9 Å². The molecule has 0 aromatic heterocycles. The third-order valence-electron chi connectivity index (χ3n) is 8.09. The van der Waals surface area contributed by atoms with Gasteiger partial charge in [0.25, 0.3) is 0 Å². The average molecular weight is 485 g/mol. The molecule has 0 bridgehead atoms. The molecule has 2 aromatic rings. The molecule has 0 spiro atoms. The van der Waals surface area contributed by atoms with Gasteiger partial charge in [0.1, 0.15) is 0 Å². The third kappa shape index (κ3) is 6.71. The van der Waals surface area contributed by atoms with Gasteiger partial charge in [-0.3, -0.25) is 0 Å². The Kier molecular flexibility index (Phi) is 9.74. The summed E-state index contributed by atoms with van der Waals surface area (Å²) in [6, 6.07) is 12.2. The summed E-state index contributed by atoms with van der Waals surface area (Å²) in [5.41, 5.74) is 3.20. The number of unbranched alkanes of at least 4 members (excludes halogenated alkanes) is 3. The molecular weight excluding hydrogens is 442 g/mol. The Morgan fingerprint density at radius 1 is 0.714 bits per heavy atom. The van der Waals surface area contributed by atoms with Crippen molar-refractivity contribution in [1.29, 1.82) is 0 Å². The first kappa shape index (κ1) is 26.3. The van der Waals surface area contributed by atoms with Crippen molar-refractivity contribution in [3.05, 3.63) is 70.3 Å². The second-order valence-corrected chi connectivity index (χ2v) is 10.6. The molecule has 1 aliphatic carbocycles. The highest BCUT2D eigenvalue weighted by Crippen LogP contribution is 2.39. The van der Waals surface area contributed by atoms with Crippen LogP contribution in [0.1, 0.15) is 118 Å². The standard InChI is InChI=1S/C31H42F2O2/c1-3-5-7-8-22-10-12-23(13-11-22)24-14-16-25(17-15-24)27-20-34-31(35-21-27)28-19-18-26(9-6-4-2)29(32)30(28)33/h14-19,22-23,27,31H,3-13,20-21H2,1-2H3. The highest BCUT2D eigenvalue weighted by molar-refractivity contribution is 5.30. The van der Waals surface area contributed by atoms with Crippen molar-refractivity contribution in [2.45, 2.75) is 103 Å². The van der Waals surface area contributed by atoms with Crippen LogP contribution in [0, 0.1) is 17.6 Å². The lowest BCUT2D eigenvalue weighted by molar-refractivity contribution is -0.193.